The maximum atomic E-state index is 13.6. The number of hydrogen-bond acceptors (Lipinski definition) is 2. The first-order valence-corrected chi connectivity index (χ1v) is 8.82. The molecular weight excluding hydrogens is 367 g/mol. The van der Waals surface area contributed by atoms with Gasteiger partial charge in [-0.25, -0.2) is 4.68 Å². The molecule has 1 N–H and O–H groups in total. The Balaban J connectivity index is 1.78. The number of para-hydroxylation sites is 1. The van der Waals surface area contributed by atoms with E-state index in [2.05, 4.69) is 10.4 Å². The minimum atomic E-state index is -4.72. The number of alkyl halides is 3. The summed E-state index contributed by atoms with van der Waals surface area (Å²) in [5, 5.41) is 6.36. The van der Waals surface area contributed by atoms with Gasteiger partial charge in [-0.3, -0.25) is 4.79 Å². The molecule has 1 aromatic heterocycles. The highest BCUT2D eigenvalue weighted by atomic mass is 19.4. The van der Waals surface area contributed by atoms with Crippen LogP contribution in [0.15, 0.2) is 54.7 Å². The average Bonchev–Trinajstić information content (AvgIpc) is 3.11. The number of nitrogens with one attached hydrogen (secondary N) is 1. The molecule has 0 fully saturated rings. The molecule has 0 radical (unpaired) electrons. The van der Waals surface area contributed by atoms with Crippen molar-refractivity contribution in [3.63, 3.8) is 0 Å². The molecule has 1 amide bonds. The van der Waals surface area contributed by atoms with Crippen molar-refractivity contribution < 1.29 is 18.0 Å². The van der Waals surface area contributed by atoms with Crippen LogP contribution in [-0.2, 0) is 12.6 Å². The number of nitrogens with zero attached hydrogens (tertiary/aromatic N) is 2. The van der Waals surface area contributed by atoms with Crippen molar-refractivity contribution in [3.05, 3.63) is 82.7 Å². The van der Waals surface area contributed by atoms with Gasteiger partial charge in [0.25, 0.3) is 5.91 Å². The van der Waals surface area contributed by atoms with Gasteiger partial charge in [-0.1, -0.05) is 36.4 Å². The Morgan fingerprint density at radius 2 is 1.79 bits per heavy atom. The zero-order chi connectivity index (χ0) is 20.3. The quantitative estimate of drug-likeness (QED) is 0.702. The fraction of sp³-hybridized carbons (Fsp3) is 0.238. The van der Waals surface area contributed by atoms with Crippen LogP contribution in [0.1, 0.15) is 32.7 Å². The molecule has 0 bridgehead atoms. The number of amides is 1. The van der Waals surface area contributed by atoms with E-state index in [-0.39, 0.29) is 12.2 Å². The van der Waals surface area contributed by atoms with Crippen molar-refractivity contribution in [3.8, 4) is 5.69 Å². The smallest absolute Gasteiger partial charge is 0.352 e. The van der Waals surface area contributed by atoms with Gasteiger partial charge in [0, 0.05) is 6.54 Å². The van der Waals surface area contributed by atoms with E-state index >= 15 is 0 Å². The van der Waals surface area contributed by atoms with E-state index in [0.717, 1.165) is 27.6 Å². The largest absolute Gasteiger partial charge is 0.434 e. The summed E-state index contributed by atoms with van der Waals surface area (Å²) in [5.74, 6) is -0.793. The van der Waals surface area contributed by atoms with Gasteiger partial charge in [0.1, 0.15) is 0 Å². The third kappa shape index (κ3) is 4.24. The summed E-state index contributed by atoms with van der Waals surface area (Å²) in [4.78, 5) is 12.4. The van der Waals surface area contributed by atoms with Crippen LogP contribution in [-0.4, -0.2) is 22.2 Å². The van der Waals surface area contributed by atoms with Crippen LogP contribution in [0.2, 0.25) is 0 Å². The van der Waals surface area contributed by atoms with E-state index in [1.54, 1.807) is 18.2 Å². The maximum Gasteiger partial charge on any atom is 0.434 e. The normalized spacial score (nSPS) is 11.5. The first-order valence-electron chi connectivity index (χ1n) is 8.82. The molecule has 0 aliphatic rings. The third-order valence-corrected chi connectivity index (χ3v) is 4.55. The molecule has 7 heteroatoms. The monoisotopic (exact) mass is 387 g/mol. The first-order chi connectivity index (χ1) is 13.3. The van der Waals surface area contributed by atoms with Gasteiger partial charge in [0.2, 0.25) is 0 Å². The van der Waals surface area contributed by atoms with Crippen LogP contribution in [0.4, 0.5) is 13.2 Å². The summed E-state index contributed by atoms with van der Waals surface area (Å²) in [6.45, 7) is 4.23. The van der Waals surface area contributed by atoms with Crippen LogP contribution in [0.3, 0.4) is 0 Å². The van der Waals surface area contributed by atoms with Crippen LogP contribution in [0.5, 0.6) is 0 Å². The lowest BCUT2D eigenvalue weighted by Gasteiger charge is -2.13. The van der Waals surface area contributed by atoms with E-state index in [1.807, 2.05) is 32.0 Å². The number of hydrogen-bond donors (Lipinski definition) is 1. The number of aryl methyl sites for hydroxylation is 2. The van der Waals surface area contributed by atoms with Gasteiger partial charge in [-0.05, 0) is 49.1 Å². The topological polar surface area (TPSA) is 46.9 Å². The number of carbonyl (C=O) groups excluding carboxylic acids is 1. The molecule has 146 valence electrons. The Hall–Kier alpha value is -3.09. The van der Waals surface area contributed by atoms with Gasteiger partial charge in [0.05, 0.1) is 17.4 Å². The minimum Gasteiger partial charge on any atom is -0.352 e. The summed E-state index contributed by atoms with van der Waals surface area (Å²) in [5.41, 5.74) is 1.98. The Labute approximate surface area is 161 Å². The molecule has 0 atom stereocenters. The minimum absolute atomic E-state index is 0.231. The predicted molar refractivity (Wildman–Crippen MR) is 101 cm³/mol. The summed E-state index contributed by atoms with van der Waals surface area (Å²) < 4.78 is 41.6. The predicted octanol–water partition coefficient (Wildman–Crippen LogP) is 4.48. The summed E-state index contributed by atoms with van der Waals surface area (Å²) in [6, 6.07) is 13.9. The van der Waals surface area contributed by atoms with E-state index in [0.29, 0.717) is 6.42 Å². The molecular formula is C21H20F3N3O. The Morgan fingerprint density at radius 3 is 2.43 bits per heavy atom. The Bertz CT molecular complexity index is 978. The molecule has 0 saturated carbocycles. The standard InChI is InChI=1S/C21H20F3N3O/c1-14-8-9-16(12-15(14)2)10-11-25-20(28)18-13-26-27(19(18)21(22,23)24)17-6-4-3-5-7-17/h3-9,12-13H,10-11H2,1-2H3,(H,25,28). The molecule has 1 heterocycles. The highest BCUT2D eigenvalue weighted by Crippen LogP contribution is 2.33. The van der Waals surface area contributed by atoms with Gasteiger partial charge < -0.3 is 5.32 Å². The van der Waals surface area contributed by atoms with Gasteiger partial charge in [-0.2, -0.15) is 18.3 Å². The number of aromatic nitrogens is 2. The summed E-state index contributed by atoms with van der Waals surface area (Å²) in [7, 11) is 0. The zero-order valence-electron chi connectivity index (χ0n) is 15.5. The van der Waals surface area contributed by atoms with Crippen molar-refractivity contribution in [2.24, 2.45) is 0 Å². The lowest BCUT2D eigenvalue weighted by Crippen LogP contribution is -2.28. The molecule has 0 aliphatic carbocycles. The molecule has 4 nitrogen and oxygen atoms in total. The second-order valence-corrected chi connectivity index (χ2v) is 6.58. The Morgan fingerprint density at radius 1 is 1.07 bits per heavy atom. The van der Waals surface area contributed by atoms with Gasteiger partial charge >= 0.3 is 6.18 Å². The molecule has 3 aromatic rings. The van der Waals surface area contributed by atoms with Gasteiger partial charge in [0.15, 0.2) is 5.69 Å². The number of halogens is 3. The number of carbonyl (C=O) groups is 1. The number of rotatable bonds is 5. The zero-order valence-corrected chi connectivity index (χ0v) is 15.5. The van der Waals surface area contributed by atoms with Crippen LogP contribution in [0, 0.1) is 13.8 Å². The van der Waals surface area contributed by atoms with Gasteiger partial charge in [-0.15, -0.1) is 0 Å². The highest BCUT2D eigenvalue weighted by molar-refractivity contribution is 5.95. The fourth-order valence-corrected chi connectivity index (χ4v) is 2.93. The van der Waals surface area contributed by atoms with Crippen LogP contribution in [0.25, 0.3) is 5.69 Å². The second kappa shape index (κ2) is 7.88. The fourth-order valence-electron chi connectivity index (χ4n) is 2.93. The third-order valence-electron chi connectivity index (χ3n) is 4.55. The van der Waals surface area contributed by atoms with Crippen molar-refractivity contribution in [2.75, 3.05) is 6.54 Å². The summed E-state index contributed by atoms with van der Waals surface area (Å²) >= 11 is 0. The molecule has 28 heavy (non-hydrogen) atoms. The second-order valence-electron chi connectivity index (χ2n) is 6.58. The molecule has 0 unspecified atom stereocenters. The maximum absolute atomic E-state index is 13.6. The van der Waals surface area contributed by atoms with Crippen molar-refractivity contribution in [1.29, 1.82) is 0 Å². The van der Waals surface area contributed by atoms with Crippen LogP contribution >= 0.6 is 0 Å². The van der Waals surface area contributed by atoms with E-state index in [4.69, 9.17) is 0 Å². The Kier molecular flexibility index (Phi) is 5.53. The highest BCUT2D eigenvalue weighted by Gasteiger charge is 2.40. The molecule has 0 saturated heterocycles. The SMILES string of the molecule is Cc1ccc(CCNC(=O)c2cnn(-c3ccccc3)c2C(F)(F)F)cc1C. The lowest BCUT2D eigenvalue weighted by molar-refractivity contribution is -0.143. The van der Waals surface area contributed by atoms with E-state index in [9.17, 15) is 18.0 Å². The molecule has 0 spiro atoms. The molecule has 2 aromatic carbocycles. The molecule has 0 aliphatic heterocycles. The van der Waals surface area contributed by atoms with E-state index < -0.39 is 23.3 Å². The number of benzene rings is 2. The van der Waals surface area contributed by atoms with Crippen molar-refractivity contribution in [2.45, 2.75) is 26.4 Å². The van der Waals surface area contributed by atoms with Crippen molar-refractivity contribution >= 4 is 5.91 Å². The summed E-state index contributed by atoms with van der Waals surface area (Å²) in [6.07, 6.45) is -3.23. The average molecular weight is 387 g/mol. The lowest BCUT2D eigenvalue weighted by atomic mass is 10.0. The van der Waals surface area contributed by atoms with E-state index in [1.165, 1.54) is 12.1 Å². The molecule has 3 rings (SSSR count). The first kappa shape index (κ1) is 19.7. The van der Waals surface area contributed by atoms with Crippen molar-refractivity contribution in [1.82, 2.24) is 15.1 Å². The van der Waals surface area contributed by atoms with Crippen LogP contribution < -0.4 is 5.32 Å².